The van der Waals surface area contributed by atoms with E-state index in [9.17, 15) is 10.1 Å². The third-order valence-corrected chi connectivity index (χ3v) is 7.96. The molecule has 0 bridgehead atoms. The van der Waals surface area contributed by atoms with Crippen molar-refractivity contribution in [1.82, 2.24) is 19.3 Å². The summed E-state index contributed by atoms with van der Waals surface area (Å²) in [5.41, 5.74) is 12.6. The number of aromatic nitrogens is 3. The zero-order valence-electron chi connectivity index (χ0n) is 20.9. The molecule has 8 heteroatoms. The van der Waals surface area contributed by atoms with E-state index >= 15 is 0 Å². The van der Waals surface area contributed by atoms with Gasteiger partial charge in [-0.05, 0) is 68.0 Å². The fraction of sp³-hybridized carbons (Fsp3) is 0.379. The van der Waals surface area contributed by atoms with E-state index in [2.05, 4.69) is 37.4 Å². The van der Waals surface area contributed by atoms with E-state index in [4.69, 9.17) is 10.7 Å². The summed E-state index contributed by atoms with van der Waals surface area (Å²) in [4.78, 5) is 25.9. The molecule has 3 aromatic heterocycles. The average molecular weight is 494 g/mol. The number of fused-ring (bicyclic) bond motifs is 4. The normalized spacial score (nSPS) is 16.7. The third kappa shape index (κ3) is 4.30. The molecule has 2 aliphatic rings. The first kappa shape index (κ1) is 23.4. The molecule has 8 nitrogen and oxygen atoms in total. The summed E-state index contributed by atoms with van der Waals surface area (Å²) in [5, 5.41) is 10.3. The molecule has 1 amide bonds. The number of para-hydroxylation sites is 2. The average Bonchev–Trinajstić information content (AvgIpc) is 3.31. The summed E-state index contributed by atoms with van der Waals surface area (Å²) in [6.07, 6.45) is 8.13. The number of carbonyl (C=O) groups excluding carboxylic acids is 1. The van der Waals surface area contributed by atoms with Gasteiger partial charge in [-0.15, -0.1) is 0 Å². The fourth-order valence-electron chi connectivity index (χ4n) is 6.05. The number of nitrogens with zero attached hydrogens (tertiary/aromatic N) is 6. The second kappa shape index (κ2) is 9.83. The highest BCUT2D eigenvalue weighted by molar-refractivity contribution is 5.86. The molecule has 5 heterocycles. The van der Waals surface area contributed by atoms with Crippen LogP contribution in [0.25, 0.3) is 16.7 Å². The first-order chi connectivity index (χ1) is 18.1. The number of pyridine rings is 2. The van der Waals surface area contributed by atoms with E-state index in [1.807, 2.05) is 36.7 Å². The highest BCUT2D eigenvalue weighted by Gasteiger charge is 2.32. The van der Waals surface area contributed by atoms with Crippen molar-refractivity contribution in [2.75, 3.05) is 31.1 Å². The number of aryl methyl sites for hydroxylation is 1. The van der Waals surface area contributed by atoms with Crippen LogP contribution in [0.1, 0.15) is 41.5 Å². The van der Waals surface area contributed by atoms with E-state index in [-0.39, 0.29) is 11.8 Å². The number of benzene rings is 1. The Labute approximate surface area is 216 Å². The number of nitriles is 1. The van der Waals surface area contributed by atoms with Crippen molar-refractivity contribution in [3.05, 3.63) is 71.0 Å². The highest BCUT2D eigenvalue weighted by atomic mass is 16.1. The lowest BCUT2D eigenvalue weighted by Gasteiger charge is -2.38. The van der Waals surface area contributed by atoms with Gasteiger partial charge in [-0.2, -0.15) is 5.26 Å². The number of rotatable bonds is 6. The number of primary amides is 1. The zero-order valence-corrected chi connectivity index (χ0v) is 20.9. The van der Waals surface area contributed by atoms with Gasteiger partial charge in [0.25, 0.3) is 0 Å². The molecule has 1 aromatic carbocycles. The molecule has 0 spiro atoms. The van der Waals surface area contributed by atoms with Gasteiger partial charge in [0.05, 0.1) is 16.6 Å². The first-order valence-electron chi connectivity index (χ1n) is 13.1. The second-order valence-corrected chi connectivity index (χ2v) is 10.2. The van der Waals surface area contributed by atoms with Crippen LogP contribution in [0, 0.1) is 17.2 Å². The topological polar surface area (TPSA) is 104 Å². The van der Waals surface area contributed by atoms with Gasteiger partial charge in [0.2, 0.25) is 5.91 Å². The third-order valence-electron chi connectivity index (χ3n) is 7.96. The standard InChI is InChI=1S/C29H31N7O/c30-17-23-22-11-14-34(13-4-6-20-5-3-12-32-18-20)19-24(22)29(35-15-9-21(10-16-35)27(31)37)36-26-8-2-1-7-25(26)33-28(23)36/h1-3,5,7-8,12,18,21H,4,6,9-11,13-16,19H2,(H2,31,37). The van der Waals surface area contributed by atoms with Crippen molar-refractivity contribution in [2.24, 2.45) is 11.7 Å². The van der Waals surface area contributed by atoms with Crippen LogP contribution in [-0.2, 0) is 24.2 Å². The molecule has 0 radical (unpaired) electrons. The number of amides is 1. The molecule has 0 unspecified atom stereocenters. The SMILES string of the molecule is N#Cc1c2c(c(N3CCC(C(N)=O)CC3)n3c1nc1ccccc13)CN(CCCc1cccnc1)CC2. The molecule has 6 rings (SSSR count). The van der Waals surface area contributed by atoms with E-state index in [0.717, 1.165) is 92.9 Å². The van der Waals surface area contributed by atoms with Crippen molar-refractivity contribution < 1.29 is 4.79 Å². The van der Waals surface area contributed by atoms with Crippen LogP contribution in [0.3, 0.4) is 0 Å². The Morgan fingerprint density at radius 3 is 2.70 bits per heavy atom. The predicted molar refractivity (Wildman–Crippen MR) is 143 cm³/mol. The molecule has 4 aromatic rings. The van der Waals surface area contributed by atoms with Gasteiger partial charge in [0.15, 0.2) is 5.65 Å². The summed E-state index contributed by atoms with van der Waals surface area (Å²) in [6, 6.07) is 14.7. The largest absolute Gasteiger partial charge is 0.369 e. The number of piperidine rings is 1. The minimum Gasteiger partial charge on any atom is -0.369 e. The Hall–Kier alpha value is -3.96. The molecule has 0 atom stereocenters. The lowest BCUT2D eigenvalue weighted by Crippen LogP contribution is -2.41. The molecular formula is C29H31N7O. The molecule has 2 aliphatic heterocycles. The van der Waals surface area contributed by atoms with Crippen LogP contribution >= 0.6 is 0 Å². The Morgan fingerprint density at radius 1 is 1.11 bits per heavy atom. The van der Waals surface area contributed by atoms with Crippen molar-refractivity contribution in [3.8, 4) is 6.07 Å². The van der Waals surface area contributed by atoms with Crippen molar-refractivity contribution in [3.63, 3.8) is 0 Å². The lowest BCUT2D eigenvalue weighted by atomic mass is 9.92. The van der Waals surface area contributed by atoms with Gasteiger partial charge in [-0.25, -0.2) is 4.98 Å². The van der Waals surface area contributed by atoms with Gasteiger partial charge in [0.1, 0.15) is 11.9 Å². The highest BCUT2D eigenvalue weighted by Crippen LogP contribution is 2.38. The maximum Gasteiger partial charge on any atom is 0.220 e. The zero-order chi connectivity index (χ0) is 25.4. The number of hydrogen-bond donors (Lipinski definition) is 1. The van der Waals surface area contributed by atoms with Crippen LogP contribution in [0.4, 0.5) is 5.82 Å². The van der Waals surface area contributed by atoms with E-state index < -0.39 is 0 Å². The fourth-order valence-corrected chi connectivity index (χ4v) is 6.05. The van der Waals surface area contributed by atoms with Crippen LogP contribution in [0.2, 0.25) is 0 Å². The summed E-state index contributed by atoms with van der Waals surface area (Å²) >= 11 is 0. The molecule has 0 saturated carbocycles. The van der Waals surface area contributed by atoms with Gasteiger partial charge in [-0.1, -0.05) is 18.2 Å². The van der Waals surface area contributed by atoms with E-state index in [1.54, 1.807) is 0 Å². The number of anilines is 1. The van der Waals surface area contributed by atoms with Gasteiger partial charge < -0.3 is 10.6 Å². The quantitative estimate of drug-likeness (QED) is 0.441. The predicted octanol–water partition coefficient (Wildman–Crippen LogP) is 3.45. The van der Waals surface area contributed by atoms with E-state index in [0.29, 0.717) is 5.56 Å². The summed E-state index contributed by atoms with van der Waals surface area (Å²) in [6.45, 7) is 4.23. The summed E-state index contributed by atoms with van der Waals surface area (Å²) in [7, 11) is 0. The number of carbonyl (C=O) groups is 1. The van der Waals surface area contributed by atoms with Crippen molar-refractivity contribution in [1.29, 1.82) is 5.26 Å². The van der Waals surface area contributed by atoms with Crippen LogP contribution < -0.4 is 10.6 Å². The Balaban J connectivity index is 1.40. The Bertz CT molecular complexity index is 1500. The van der Waals surface area contributed by atoms with Crippen molar-refractivity contribution >= 4 is 28.4 Å². The molecule has 37 heavy (non-hydrogen) atoms. The maximum atomic E-state index is 11.8. The number of hydrogen-bond acceptors (Lipinski definition) is 6. The molecule has 188 valence electrons. The maximum absolute atomic E-state index is 11.8. The minimum atomic E-state index is -0.209. The first-order valence-corrected chi connectivity index (χ1v) is 13.1. The van der Waals surface area contributed by atoms with Crippen LogP contribution in [0.5, 0.6) is 0 Å². The van der Waals surface area contributed by atoms with Gasteiger partial charge in [-0.3, -0.25) is 19.1 Å². The summed E-state index contributed by atoms with van der Waals surface area (Å²) in [5.74, 6) is 0.835. The molecule has 1 saturated heterocycles. The van der Waals surface area contributed by atoms with Gasteiger partial charge >= 0.3 is 0 Å². The Morgan fingerprint density at radius 2 is 1.95 bits per heavy atom. The number of nitrogens with two attached hydrogens (primary N) is 1. The monoisotopic (exact) mass is 493 g/mol. The smallest absolute Gasteiger partial charge is 0.220 e. The minimum absolute atomic E-state index is 0.0792. The lowest BCUT2D eigenvalue weighted by molar-refractivity contribution is -0.122. The molecule has 0 aliphatic carbocycles. The van der Waals surface area contributed by atoms with Crippen molar-refractivity contribution in [2.45, 2.75) is 38.6 Å². The van der Waals surface area contributed by atoms with Crippen LogP contribution in [-0.4, -0.2) is 51.4 Å². The summed E-state index contributed by atoms with van der Waals surface area (Å²) < 4.78 is 2.19. The molecule has 1 fully saturated rings. The Kier molecular flexibility index (Phi) is 6.23. The second-order valence-electron chi connectivity index (χ2n) is 10.2. The number of imidazole rings is 1. The molecular weight excluding hydrogens is 462 g/mol. The van der Waals surface area contributed by atoms with E-state index in [1.165, 1.54) is 11.1 Å². The van der Waals surface area contributed by atoms with Gasteiger partial charge in [0, 0.05) is 50.1 Å². The molecule has 2 N–H and O–H groups in total. The van der Waals surface area contributed by atoms with Crippen LogP contribution in [0.15, 0.2) is 48.8 Å².